The van der Waals surface area contributed by atoms with Crippen LogP contribution in [0, 0.1) is 0 Å². The maximum atomic E-state index is 4.91. The van der Waals surface area contributed by atoms with E-state index >= 15 is 0 Å². The van der Waals surface area contributed by atoms with Crippen molar-refractivity contribution in [3.63, 3.8) is 0 Å². The summed E-state index contributed by atoms with van der Waals surface area (Å²) in [6, 6.07) is 9.68. The smallest absolute Gasteiger partial charge is 0.118 e. The molecule has 0 saturated carbocycles. The van der Waals surface area contributed by atoms with Gasteiger partial charge in [-0.1, -0.05) is 89.8 Å². The van der Waals surface area contributed by atoms with E-state index in [2.05, 4.69) is 19.6 Å². The summed E-state index contributed by atoms with van der Waals surface area (Å²) >= 11 is 0. The fourth-order valence-electron chi connectivity index (χ4n) is 0.914. The Morgan fingerprint density at radius 1 is 0.950 bits per heavy atom. The second kappa shape index (κ2) is 25.9. The van der Waals surface area contributed by atoms with Crippen LogP contribution in [-0.2, 0) is 0 Å². The van der Waals surface area contributed by atoms with E-state index in [9.17, 15) is 0 Å². The second-order valence-corrected chi connectivity index (χ2v) is 2.97. The van der Waals surface area contributed by atoms with Crippen LogP contribution in [0.4, 0.5) is 0 Å². The van der Waals surface area contributed by atoms with E-state index in [-0.39, 0.29) is 0 Å². The third-order valence-corrected chi connectivity index (χ3v) is 1.71. The van der Waals surface area contributed by atoms with Crippen LogP contribution in [0.3, 0.4) is 0 Å². The molecule has 114 valence electrons. The molecule has 0 radical (unpaired) electrons. The molecular weight excluding hydrogens is 244 g/mol. The maximum Gasteiger partial charge on any atom is 0.118 e. The van der Waals surface area contributed by atoms with Crippen molar-refractivity contribution in [2.45, 2.75) is 41.0 Å². The first kappa shape index (κ1) is 23.3. The average Bonchev–Trinajstić information content (AvgIpc) is 2.57. The molecule has 0 amide bonds. The van der Waals surface area contributed by atoms with E-state index in [0.717, 1.165) is 12.2 Å². The molecule has 0 saturated heterocycles. The fraction of sp³-hybridized carbons (Fsp3) is 0.368. The minimum Gasteiger partial charge on any atom is -0.497 e. The Hall–Kier alpha value is -1.76. The zero-order valence-corrected chi connectivity index (χ0v) is 14.1. The monoisotopic (exact) mass is 276 g/mol. The maximum absolute atomic E-state index is 4.91. The van der Waals surface area contributed by atoms with Gasteiger partial charge in [-0.15, -0.1) is 0 Å². The molecule has 0 aliphatic carbocycles. The van der Waals surface area contributed by atoms with Gasteiger partial charge in [-0.25, -0.2) is 0 Å². The van der Waals surface area contributed by atoms with Crippen LogP contribution in [0.25, 0.3) is 0 Å². The Morgan fingerprint density at radius 2 is 1.50 bits per heavy atom. The Bertz CT molecular complexity index is 310. The molecule has 0 aliphatic heterocycles. The van der Waals surface area contributed by atoms with Crippen molar-refractivity contribution in [3.05, 3.63) is 67.3 Å². The van der Waals surface area contributed by atoms with Gasteiger partial charge in [-0.2, -0.15) is 0 Å². The molecule has 0 fully saturated rings. The second-order valence-electron chi connectivity index (χ2n) is 2.97. The standard InChI is InChI=1S/C8H12.C7H8O.2C2H6/c1-3-5-7-8-6-4-2;1-8-7-5-3-2-4-6-7;2*1-2/h3,5-8H,1,4H2,2H3;2-6H,1H3;2*1-2H3/b7-5-,8-6-;;;. The van der Waals surface area contributed by atoms with Crippen molar-refractivity contribution < 1.29 is 4.74 Å². The van der Waals surface area contributed by atoms with E-state index in [1.54, 1.807) is 13.2 Å². The molecule has 0 N–H and O–H groups in total. The van der Waals surface area contributed by atoms with E-state index in [1.807, 2.05) is 76.3 Å². The molecule has 0 spiro atoms. The van der Waals surface area contributed by atoms with Crippen LogP contribution in [0.2, 0.25) is 0 Å². The summed E-state index contributed by atoms with van der Waals surface area (Å²) in [4.78, 5) is 0. The summed E-state index contributed by atoms with van der Waals surface area (Å²) in [5.41, 5.74) is 0. The average molecular weight is 276 g/mol. The third-order valence-electron chi connectivity index (χ3n) is 1.71. The zero-order valence-electron chi connectivity index (χ0n) is 14.1. The van der Waals surface area contributed by atoms with Crippen molar-refractivity contribution in [1.29, 1.82) is 0 Å². The summed E-state index contributed by atoms with van der Waals surface area (Å²) < 4.78 is 4.91. The number of allylic oxidation sites excluding steroid dienone is 5. The molecule has 1 aromatic rings. The topological polar surface area (TPSA) is 9.23 Å². The molecule has 1 aromatic carbocycles. The van der Waals surface area contributed by atoms with Gasteiger partial charge in [0.2, 0.25) is 0 Å². The van der Waals surface area contributed by atoms with Gasteiger partial charge < -0.3 is 4.74 Å². The first-order chi connectivity index (χ1) is 9.85. The normalized spacial score (nSPS) is 8.50. The number of rotatable bonds is 4. The summed E-state index contributed by atoms with van der Waals surface area (Å²) in [5.74, 6) is 0.910. The highest BCUT2D eigenvalue weighted by molar-refractivity contribution is 5.20. The van der Waals surface area contributed by atoms with Crippen molar-refractivity contribution in [1.82, 2.24) is 0 Å². The van der Waals surface area contributed by atoms with Gasteiger partial charge in [0, 0.05) is 0 Å². The lowest BCUT2D eigenvalue weighted by Gasteiger charge is -1.93. The first-order valence-corrected chi connectivity index (χ1v) is 7.38. The van der Waals surface area contributed by atoms with Crippen molar-refractivity contribution in [2.24, 2.45) is 0 Å². The predicted octanol–water partition coefficient (Wildman–Crippen LogP) is 6.44. The molecule has 0 bridgehead atoms. The molecule has 1 rings (SSSR count). The predicted molar refractivity (Wildman–Crippen MR) is 94.5 cm³/mol. The van der Waals surface area contributed by atoms with E-state index in [1.165, 1.54) is 0 Å². The van der Waals surface area contributed by atoms with Gasteiger partial charge >= 0.3 is 0 Å². The van der Waals surface area contributed by atoms with Crippen molar-refractivity contribution in [2.75, 3.05) is 7.11 Å². The van der Waals surface area contributed by atoms with Crippen molar-refractivity contribution in [3.8, 4) is 5.75 Å². The summed E-state index contributed by atoms with van der Waals surface area (Å²) in [6.45, 7) is 13.6. The van der Waals surface area contributed by atoms with Crippen LogP contribution < -0.4 is 4.74 Å². The number of hydrogen-bond acceptors (Lipinski definition) is 1. The lowest BCUT2D eigenvalue weighted by Crippen LogP contribution is -1.78. The number of hydrogen-bond donors (Lipinski definition) is 0. The SMILES string of the molecule is C=C/C=C\C=C/CC.CC.CC.COc1ccccc1. The molecule has 1 nitrogen and oxygen atoms in total. The summed E-state index contributed by atoms with van der Waals surface area (Å²) in [6.07, 6.45) is 10.9. The number of para-hydroxylation sites is 1. The molecular formula is C19H32O. The van der Waals surface area contributed by atoms with Gasteiger partial charge in [0.25, 0.3) is 0 Å². The highest BCUT2D eigenvalue weighted by atomic mass is 16.5. The Kier molecular flexibility index (Phi) is 30.3. The molecule has 0 heterocycles. The quantitative estimate of drug-likeness (QED) is 0.575. The highest BCUT2D eigenvalue weighted by Crippen LogP contribution is 2.05. The number of ether oxygens (including phenoxy) is 1. The summed E-state index contributed by atoms with van der Waals surface area (Å²) in [5, 5.41) is 0. The van der Waals surface area contributed by atoms with Crippen LogP contribution in [0.1, 0.15) is 41.0 Å². The van der Waals surface area contributed by atoms with E-state index in [0.29, 0.717) is 0 Å². The lowest BCUT2D eigenvalue weighted by atomic mass is 10.3. The zero-order chi connectivity index (χ0) is 16.1. The Balaban J connectivity index is -0.000000231. The Morgan fingerprint density at radius 3 is 1.85 bits per heavy atom. The third kappa shape index (κ3) is 21.5. The molecule has 20 heavy (non-hydrogen) atoms. The molecule has 0 aliphatic rings. The molecule has 1 heteroatoms. The van der Waals surface area contributed by atoms with Gasteiger partial charge in [0.1, 0.15) is 5.75 Å². The Labute approximate surface area is 126 Å². The highest BCUT2D eigenvalue weighted by Gasteiger charge is 1.80. The van der Waals surface area contributed by atoms with E-state index < -0.39 is 0 Å². The van der Waals surface area contributed by atoms with Gasteiger partial charge in [0.15, 0.2) is 0 Å². The molecule has 0 atom stereocenters. The molecule has 0 aromatic heterocycles. The van der Waals surface area contributed by atoms with E-state index in [4.69, 9.17) is 4.74 Å². The minimum absolute atomic E-state index is 0.910. The number of benzene rings is 1. The first-order valence-electron chi connectivity index (χ1n) is 7.38. The van der Waals surface area contributed by atoms with Crippen LogP contribution in [0.5, 0.6) is 5.75 Å². The van der Waals surface area contributed by atoms with Crippen LogP contribution >= 0.6 is 0 Å². The molecule has 0 unspecified atom stereocenters. The minimum atomic E-state index is 0.910. The largest absolute Gasteiger partial charge is 0.497 e. The van der Waals surface area contributed by atoms with Gasteiger partial charge in [-0.05, 0) is 18.6 Å². The lowest BCUT2D eigenvalue weighted by molar-refractivity contribution is 0.415. The van der Waals surface area contributed by atoms with Crippen LogP contribution in [-0.4, -0.2) is 7.11 Å². The number of methoxy groups -OCH3 is 1. The van der Waals surface area contributed by atoms with Crippen molar-refractivity contribution >= 4 is 0 Å². The van der Waals surface area contributed by atoms with Gasteiger partial charge in [0.05, 0.1) is 7.11 Å². The summed E-state index contributed by atoms with van der Waals surface area (Å²) in [7, 11) is 1.66. The van der Waals surface area contributed by atoms with Gasteiger partial charge in [-0.3, -0.25) is 0 Å². The fourth-order valence-corrected chi connectivity index (χ4v) is 0.914. The van der Waals surface area contributed by atoms with Crippen LogP contribution in [0.15, 0.2) is 67.3 Å².